The maximum absolute atomic E-state index is 12.9. The molecule has 1 N–H and O–H groups in total. The maximum Gasteiger partial charge on any atom is 0.331 e. The predicted octanol–water partition coefficient (Wildman–Crippen LogP) is 4.10. The third-order valence-electron chi connectivity index (χ3n) is 7.01. The molecule has 0 unspecified atom stereocenters. The number of carbonyl (C=O) groups excluding carboxylic acids is 2. The molecule has 0 radical (unpaired) electrons. The van der Waals surface area contributed by atoms with Crippen molar-refractivity contribution in [2.45, 2.75) is 51.5 Å². The van der Waals surface area contributed by atoms with Crippen LogP contribution in [0.25, 0.3) is 6.08 Å². The summed E-state index contributed by atoms with van der Waals surface area (Å²) in [6, 6.07) is 5.90. The van der Waals surface area contributed by atoms with E-state index in [2.05, 4.69) is 12.2 Å². The van der Waals surface area contributed by atoms with Crippen LogP contribution < -0.4 is 5.32 Å². The quantitative estimate of drug-likeness (QED) is 0.592. The van der Waals surface area contributed by atoms with Crippen LogP contribution in [0.15, 0.2) is 30.3 Å². The molecule has 150 valence electrons. The monoisotopic (exact) mass is 385 g/mol. The zero-order valence-electron chi connectivity index (χ0n) is 16.3. The van der Waals surface area contributed by atoms with Crippen LogP contribution in [0, 0.1) is 29.0 Å². The zero-order chi connectivity index (χ0) is 19.7. The molecule has 1 amide bonds. The van der Waals surface area contributed by atoms with E-state index in [0.29, 0.717) is 5.56 Å². The van der Waals surface area contributed by atoms with Gasteiger partial charge in [-0.15, -0.1) is 0 Å². The number of nitrogens with one attached hydrogen (secondary N) is 1. The number of esters is 1. The minimum absolute atomic E-state index is 0.113. The first-order valence-electron chi connectivity index (χ1n) is 10.3. The average molecular weight is 385 g/mol. The van der Waals surface area contributed by atoms with Crippen molar-refractivity contribution in [1.82, 2.24) is 5.32 Å². The SMILES string of the molecule is C[C@H](NC(=O)COC(=O)/C=C/c1ccc(F)cc1)C12CC3CC(CC(C3)C1)C2. The Balaban J connectivity index is 1.25. The Morgan fingerprint density at radius 3 is 2.29 bits per heavy atom. The number of carbonyl (C=O) groups is 2. The van der Waals surface area contributed by atoms with Gasteiger partial charge < -0.3 is 10.1 Å². The molecule has 0 saturated heterocycles. The lowest BCUT2D eigenvalue weighted by Crippen LogP contribution is -2.56. The second-order valence-corrected chi connectivity index (χ2v) is 9.06. The van der Waals surface area contributed by atoms with E-state index in [1.165, 1.54) is 62.8 Å². The maximum atomic E-state index is 12.9. The molecular weight excluding hydrogens is 357 g/mol. The highest BCUT2D eigenvalue weighted by atomic mass is 19.1. The van der Waals surface area contributed by atoms with Gasteiger partial charge in [0.2, 0.25) is 0 Å². The Morgan fingerprint density at radius 2 is 1.71 bits per heavy atom. The van der Waals surface area contributed by atoms with Crippen molar-refractivity contribution in [2.24, 2.45) is 23.2 Å². The molecule has 4 nitrogen and oxygen atoms in total. The van der Waals surface area contributed by atoms with E-state index in [4.69, 9.17) is 4.74 Å². The third-order valence-corrected chi connectivity index (χ3v) is 7.01. The van der Waals surface area contributed by atoms with Gasteiger partial charge in [-0.3, -0.25) is 4.79 Å². The lowest BCUT2D eigenvalue weighted by molar-refractivity contribution is -0.145. The highest BCUT2D eigenvalue weighted by Crippen LogP contribution is 2.61. The summed E-state index contributed by atoms with van der Waals surface area (Å²) in [5.74, 6) is 1.35. The van der Waals surface area contributed by atoms with E-state index in [-0.39, 0.29) is 29.8 Å². The van der Waals surface area contributed by atoms with Gasteiger partial charge in [0.15, 0.2) is 6.61 Å². The molecule has 4 aliphatic rings. The van der Waals surface area contributed by atoms with Crippen molar-refractivity contribution in [3.63, 3.8) is 0 Å². The first kappa shape index (κ1) is 19.2. The summed E-state index contributed by atoms with van der Waals surface area (Å²) in [4.78, 5) is 24.1. The molecule has 1 aromatic rings. The van der Waals surface area contributed by atoms with Crippen LogP contribution in [0.5, 0.6) is 0 Å². The second kappa shape index (κ2) is 7.69. The van der Waals surface area contributed by atoms with Crippen LogP contribution in [0.2, 0.25) is 0 Å². The lowest BCUT2D eigenvalue weighted by Gasteiger charge is -2.59. The number of rotatable bonds is 6. The fourth-order valence-electron chi connectivity index (χ4n) is 6.07. The van der Waals surface area contributed by atoms with Crippen LogP contribution in [-0.4, -0.2) is 24.5 Å². The summed E-state index contributed by atoms with van der Waals surface area (Å²) in [5, 5.41) is 3.09. The molecule has 0 spiro atoms. The molecule has 1 aromatic carbocycles. The molecule has 4 fully saturated rings. The average Bonchev–Trinajstić information content (AvgIpc) is 2.65. The molecule has 5 heteroatoms. The van der Waals surface area contributed by atoms with Crippen molar-refractivity contribution < 1.29 is 18.7 Å². The number of amides is 1. The highest BCUT2D eigenvalue weighted by Gasteiger charge is 2.53. The van der Waals surface area contributed by atoms with Crippen LogP contribution in [0.3, 0.4) is 0 Å². The summed E-state index contributed by atoms with van der Waals surface area (Å²) in [7, 11) is 0. The van der Waals surface area contributed by atoms with Crippen molar-refractivity contribution in [1.29, 1.82) is 0 Å². The Hall–Kier alpha value is -2.17. The number of hydrogen-bond donors (Lipinski definition) is 1. The first-order chi connectivity index (χ1) is 13.4. The fourth-order valence-corrected chi connectivity index (χ4v) is 6.07. The second-order valence-electron chi connectivity index (χ2n) is 9.06. The summed E-state index contributed by atoms with van der Waals surface area (Å²) < 4.78 is 17.9. The predicted molar refractivity (Wildman–Crippen MR) is 105 cm³/mol. The molecule has 0 aromatic heterocycles. The van der Waals surface area contributed by atoms with Gasteiger partial charge >= 0.3 is 5.97 Å². The smallest absolute Gasteiger partial charge is 0.331 e. The van der Waals surface area contributed by atoms with E-state index in [1.54, 1.807) is 12.1 Å². The molecule has 4 bridgehead atoms. The summed E-state index contributed by atoms with van der Waals surface area (Å²) in [5.41, 5.74) is 0.926. The van der Waals surface area contributed by atoms with Crippen molar-refractivity contribution in [3.05, 3.63) is 41.7 Å². The molecule has 5 rings (SSSR count). The Morgan fingerprint density at radius 1 is 1.14 bits per heavy atom. The van der Waals surface area contributed by atoms with Crippen LogP contribution in [0.1, 0.15) is 51.0 Å². The fraction of sp³-hybridized carbons (Fsp3) is 0.565. The molecule has 28 heavy (non-hydrogen) atoms. The van der Waals surface area contributed by atoms with Gasteiger partial charge in [0.05, 0.1) is 0 Å². The largest absolute Gasteiger partial charge is 0.452 e. The van der Waals surface area contributed by atoms with Gasteiger partial charge in [-0.1, -0.05) is 12.1 Å². The normalized spacial score (nSPS) is 31.7. The molecular formula is C23H28FNO3. The standard InChI is InChI=1S/C23H28FNO3/c1-15(23-11-17-8-18(12-23)10-19(9-17)13-23)25-21(26)14-28-22(27)7-4-16-2-5-20(24)6-3-16/h2-7,15,17-19H,8-14H2,1H3,(H,25,26)/b7-4+/t15-,17?,18?,19?,23?/m0/s1. The van der Waals surface area contributed by atoms with Crippen LogP contribution in [-0.2, 0) is 14.3 Å². The number of benzene rings is 1. The van der Waals surface area contributed by atoms with Gasteiger partial charge in [-0.25, -0.2) is 9.18 Å². The van der Waals surface area contributed by atoms with Crippen LogP contribution >= 0.6 is 0 Å². The molecule has 0 heterocycles. The van der Waals surface area contributed by atoms with Crippen molar-refractivity contribution >= 4 is 18.0 Å². The number of halogens is 1. The molecule has 1 atom stereocenters. The van der Waals surface area contributed by atoms with E-state index in [9.17, 15) is 14.0 Å². The molecule has 4 aliphatic carbocycles. The first-order valence-corrected chi connectivity index (χ1v) is 10.3. The Labute approximate surface area is 165 Å². The summed E-state index contributed by atoms with van der Waals surface area (Å²) >= 11 is 0. The number of hydrogen-bond acceptors (Lipinski definition) is 3. The minimum Gasteiger partial charge on any atom is -0.452 e. The Kier molecular flexibility index (Phi) is 5.26. The van der Waals surface area contributed by atoms with Gasteiger partial charge in [-0.05, 0) is 92.4 Å². The zero-order valence-corrected chi connectivity index (χ0v) is 16.3. The number of ether oxygens (including phenoxy) is 1. The minimum atomic E-state index is -0.582. The van der Waals surface area contributed by atoms with Gasteiger partial charge in [0.25, 0.3) is 5.91 Å². The molecule has 0 aliphatic heterocycles. The van der Waals surface area contributed by atoms with Gasteiger partial charge in [0, 0.05) is 12.1 Å². The van der Waals surface area contributed by atoms with E-state index < -0.39 is 5.97 Å². The highest BCUT2D eigenvalue weighted by molar-refractivity contribution is 5.89. The lowest BCUT2D eigenvalue weighted by atomic mass is 9.48. The topological polar surface area (TPSA) is 55.4 Å². The van der Waals surface area contributed by atoms with Gasteiger partial charge in [-0.2, -0.15) is 0 Å². The van der Waals surface area contributed by atoms with E-state index >= 15 is 0 Å². The Bertz CT molecular complexity index is 735. The molecule has 4 saturated carbocycles. The van der Waals surface area contributed by atoms with E-state index in [1.807, 2.05) is 0 Å². The van der Waals surface area contributed by atoms with Gasteiger partial charge in [0.1, 0.15) is 5.82 Å². The summed E-state index contributed by atoms with van der Waals surface area (Å²) in [6.07, 6.45) is 10.6. The van der Waals surface area contributed by atoms with Crippen molar-refractivity contribution in [3.8, 4) is 0 Å². The van der Waals surface area contributed by atoms with Crippen molar-refractivity contribution in [2.75, 3.05) is 6.61 Å². The van der Waals surface area contributed by atoms with E-state index in [0.717, 1.165) is 17.8 Å². The third kappa shape index (κ3) is 4.13. The summed E-state index contributed by atoms with van der Waals surface area (Å²) in [6.45, 7) is 1.84. The van der Waals surface area contributed by atoms with Crippen LogP contribution in [0.4, 0.5) is 4.39 Å².